The molecule has 6 heterocycles. The molecule has 39 heavy (non-hydrogen) atoms. The molecule has 6 rings (SSSR count). The first-order valence-electron chi connectivity index (χ1n) is 11.7. The lowest BCUT2D eigenvalue weighted by Crippen LogP contribution is -2.45. The van der Waals surface area contributed by atoms with E-state index in [1.54, 1.807) is 6.20 Å². The van der Waals surface area contributed by atoms with Gasteiger partial charge in [-0.1, -0.05) is 23.4 Å². The predicted molar refractivity (Wildman–Crippen MR) is 137 cm³/mol. The Hall–Kier alpha value is -3.56. The molecule has 2 aliphatic heterocycles. The van der Waals surface area contributed by atoms with Gasteiger partial charge in [-0.05, 0) is 25.0 Å². The number of nitrogens with zero attached hydrogens (tertiary/aromatic N) is 7. The van der Waals surface area contributed by atoms with Crippen LogP contribution in [0.15, 0.2) is 53.2 Å². The van der Waals surface area contributed by atoms with Gasteiger partial charge in [-0.25, -0.2) is 19.7 Å². The van der Waals surface area contributed by atoms with Crippen molar-refractivity contribution < 1.29 is 23.1 Å². The van der Waals surface area contributed by atoms with Crippen LogP contribution in [0, 0.1) is 5.41 Å². The molecule has 0 aliphatic carbocycles. The van der Waals surface area contributed by atoms with Crippen LogP contribution >= 0.6 is 23.4 Å². The van der Waals surface area contributed by atoms with Gasteiger partial charge in [0.05, 0.1) is 34.7 Å². The van der Waals surface area contributed by atoms with Crippen molar-refractivity contribution in [1.29, 1.82) is 0 Å². The molecule has 1 spiro atoms. The third-order valence-corrected chi connectivity index (χ3v) is 8.58. The van der Waals surface area contributed by atoms with Crippen LogP contribution in [0.2, 0.25) is 5.02 Å². The number of piperidine rings is 1. The fourth-order valence-electron chi connectivity index (χ4n) is 4.92. The number of carboxylic acids is 1. The van der Waals surface area contributed by atoms with E-state index in [0.717, 1.165) is 59.4 Å². The Morgan fingerprint density at radius 2 is 1.90 bits per heavy atom. The second-order valence-electron chi connectivity index (χ2n) is 9.22. The van der Waals surface area contributed by atoms with E-state index in [1.807, 2.05) is 37.1 Å². The zero-order valence-electron chi connectivity index (χ0n) is 20.2. The van der Waals surface area contributed by atoms with Gasteiger partial charge in [0, 0.05) is 42.3 Å². The molecule has 0 amide bonds. The Kier molecular flexibility index (Phi) is 7.07. The minimum atomic E-state index is -5.08. The van der Waals surface area contributed by atoms with Crippen molar-refractivity contribution in [2.45, 2.75) is 41.5 Å². The summed E-state index contributed by atoms with van der Waals surface area (Å²) in [6.45, 7) is 2.72. The van der Waals surface area contributed by atoms with Crippen molar-refractivity contribution in [3.05, 3.63) is 54.0 Å². The molecule has 1 saturated heterocycles. The highest BCUT2D eigenvalue weighted by atomic mass is 35.5. The van der Waals surface area contributed by atoms with Gasteiger partial charge in [0.15, 0.2) is 0 Å². The van der Waals surface area contributed by atoms with Crippen LogP contribution in [0.3, 0.4) is 0 Å². The van der Waals surface area contributed by atoms with Gasteiger partial charge < -0.3 is 21.5 Å². The first kappa shape index (κ1) is 27.0. The third-order valence-electron chi connectivity index (χ3n) is 7.01. The van der Waals surface area contributed by atoms with Crippen LogP contribution in [0.5, 0.6) is 0 Å². The Morgan fingerprint density at radius 1 is 1.18 bits per heavy atom. The standard InChI is InChI=1S/C21H22ClN9S.C2HF3O2/c22-17-15(2-5-26-19(17)24)32-20-14-9-25-12-30(14)16(10-27-20)29-7-3-21(4-8-29)11-31-13(18(21)23)1-6-28-31;3-2(4,5)1(6)7/h1-2,5-6,9-10,12,18H,3-4,7-8,11,23H2,(H2,24,26);(H,6,7)/t18-;/m1./s1. The number of rotatable bonds is 3. The number of pyridine rings is 1. The van der Waals surface area contributed by atoms with Crippen molar-refractivity contribution in [2.24, 2.45) is 11.1 Å². The number of carbonyl (C=O) groups is 1. The highest BCUT2D eigenvalue weighted by molar-refractivity contribution is 7.99. The second kappa shape index (κ2) is 10.2. The largest absolute Gasteiger partial charge is 0.490 e. The highest BCUT2D eigenvalue weighted by Gasteiger charge is 2.47. The monoisotopic (exact) mass is 581 g/mol. The predicted octanol–water partition coefficient (Wildman–Crippen LogP) is 3.64. The topological polar surface area (TPSA) is 153 Å². The zero-order valence-corrected chi connectivity index (χ0v) is 21.8. The van der Waals surface area contributed by atoms with Crippen LogP contribution < -0.4 is 16.4 Å². The number of aliphatic carboxylic acids is 1. The Morgan fingerprint density at radius 3 is 2.56 bits per heavy atom. The maximum Gasteiger partial charge on any atom is 0.490 e. The Bertz CT molecular complexity index is 1520. The van der Waals surface area contributed by atoms with Crippen molar-refractivity contribution in [3.8, 4) is 0 Å². The molecule has 4 aromatic heterocycles. The van der Waals surface area contributed by atoms with Crippen molar-refractivity contribution in [3.63, 3.8) is 0 Å². The van der Waals surface area contributed by atoms with Crippen LogP contribution in [0.1, 0.15) is 24.6 Å². The van der Waals surface area contributed by atoms with E-state index in [2.05, 4.69) is 29.0 Å². The maximum atomic E-state index is 10.6. The Balaban J connectivity index is 0.000000392. The summed E-state index contributed by atoms with van der Waals surface area (Å²) < 4.78 is 35.9. The lowest BCUT2D eigenvalue weighted by Gasteiger charge is -2.42. The number of hydrogen-bond acceptors (Lipinski definition) is 9. The Labute approximate surface area is 229 Å². The number of alkyl halides is 3. The van der Waals surface area contributed by atoms with Gasteiger partial charge >= 0.3 is 12.1 Å². The van der Waals surface area contributed by atoms with Crippen molar-refractivity contribution in [1.82, 2.24) is 29.1 Å². The molecule has 0 bridgehead atoms. The smallest absolute Gasteiger partial charge is 0.475 e. The van der Waals surface area contributed by atoms with Crippen molar-refractivity contribution in [2.75, 3.05) is 23.7 Å². The number of nitrogens with two attached hydrogens (primary N) is 2. The van der Waals surface area contributed by atoms with E-state index in [0.29, 0.717) is 10.8 Å². The first-order chi connectivity index (χ1) is 18.5. The number of imidazole rings is 1. The van der Waals surface area contributed by atoms with E-state index >= 15 is 0 Å². The molecule has 2 aliphatic rings. The molecule has 0 unspecified atom stereocenters. The number of aromatic nitrogens is 6. The van der Waals surface area contributed by atoms with Crippen molar-refractivity contribution >= 4 is 46.5 Å². The summed E-state index contributed by atoms with van der Waals surface area (Å²) in [6, 6.07) is 3.92. The van der Waals surface area contributed by atoms with Gasteiger partial charge in [0.1, 0.15) is 23.0 Å². The highest BCUT2D eigenvalue weighted by Crippen LogP contribution is 2.48. The molecule has 5 N–H and O–H groups in total. The molecule has 0 aromatic carbocycles. The molecule has 16 heteroatoms. The van der Waals surface area contributed by atoms with E-state index in [1.165, 1.54) is 11.8 Å². The van der Waals surface area contributed by atoms with Crippen LogP contribution in [-0.2, 0) is 11.3 Å². The molecule has 0 radical (unpaired) electrons. The molecular weight excluding hydrogens is 559 g/mol. The molecule has 11 nitrogen and oxygen atoms in total. The van der Waals surface area contributed by atoms with Gasteiger partial charge in [0.2, 0.25) is 0 Å². The van der Waals surface area contributed by atoms with Gasteiger partial charge in [-0.3, -0.25) is 9.08 Å². The number of halogens is 4. The fraction of sp³-hybridized carbons (Fsp3) is 0.348. The van der Waals surface area contributed by atoms with Gasteiger partial charge in [0.25, 0.3) is 0 Å². The zero-order chi connectivity index (χ0) is 27.9. The molecule has 1 fully saturated rings. The number of nitrogen functional groups attached to an aromatic ring is 1. The maximum absolute atomic E-state index is 10.6. The number of anilines is 2. The first-order valence-corrected chi connectivity index (χ1v) is 12.9. The van der Waals surface area contributed by atoms with Crippen LogP contribution in [0.25, 0.3) is 5.52 Å². The summed E-state index contributed by atoms with van der Waals surface area (Å²) in [6.07, 6.45) is 5.99. The normalized spacial score (nSPS) is 18.2. The summed E-state index contributed by atoms with van der Waals surface area (Å²) in [5, 5.41) is 12.8. The summed E-state index contributed by atoms with van der Waals surface area (Å²) >= 11 is 7.79. The molecular formula is C23H23ClF3N9O2S. The minimum Gasteiger partial charge on any atom is -0.475 e. The van der Waals surface area contributed by atoms with Crippen LogP contribution in [0.4, 0.5) is 24.8 Å². The number of hydrogen-bond donors (Lipinski definition) is 3. The van der Waals surface area contributed by atoms with E-state index in [4.69, 9.17) is 38.0 Å². The quantitative estimate of drug-likeness (QED) is 0.327. The van der Waals surface area contributed by atoms with E-state index in [-0.39, 0.29) is 11.5 Å². The van der Waals surface area contributed by atoms with E-state index < -0.39 is 12.1 Å². The molecule has 1 atom stereocenters. The number of carboxylic acid groups (broad SMARTS) is 1. The third kappa shape index (κ3) is 5.08. The number of fused-ring (bicyclic) bond motifs is 2. The SMILES string of the molecule is Nc1nccc(Sc2ncc(N3CCC4(CC3)Cn3nccc3[C@H]4N)n3cncc23)c1Cl.O=C(O)C(F)(F)F. The van der Waals surface area contributed by atoms with Gasteiger partial charge in [-0.15, -0.1) is 0 Å². The fourth-order valence-corrected chi connectivity index (χ4v) is 6.04. The van der Waals surface area contributed by atoms with E-state index in [9.17, 15) is 13.2 Å². The summed E-state index contributed by atoms with van der Waals surface area (Å²) in [4.78, 5) is 25.2. The average Bonchev–Trinajstić information content (AvgIpc) is 3.61. The molecule has 4 aromatic rings. The summed E-state index contributed by atoms with van der Waals surface area (Å²) in [5.41, 5.74) is 14.6. The lowest BCUT2D eigenvalue weighted by atomic mass is 9.73. The van der Waals surface area contributed by atoms with Gasteiger partial charge in [-0.2, -0.15) is 18.3 Å². The second-order valence-corrected chi connectivity index (χ2v) is 10.6. The van der Waals surface area contributed by atoms with Crippen LogP contribution in [-0.4, -0.2) is 59.5 Å². The molecule has 206 valence electrons. The lowest BCUT2D eigenvalue weighted by molar-refractivity contribution is -0.192. The molecule has 0 saturated carbocycles. The summed E-state index contributed by atoms with van der Waals surface area (Å²) in [5.74, 6) is -1.42. The summed E-state index contributed by atoms with van der Waals surface area (Å²) in [7, 11) is 0. The average molecular weight is 582 g/mol. The minimum absolute atomic E-state index is 0.0369.